The molecule has 0 aliphatic carbocycles. The number of sulfonamides is 1. The van der Waals surface area contributed by atoms with E-state index in [0.717, 1.165) is 29.7 Å². The molecule has 2 aromatic rings. The van der Waals surface area contributed by atoms with E-state index in [1.807, 2.05) is 38.1 Å². The molecule has 1 saturated heterocycles. The number of nitrogens with zero attached hydrogens (tertiary/aromatic N) is 1. The third kappa shape index (κ3) is 5.21. The lowest BCUT2D eigenvalue weighted by molar-refractivity contribution is 0.0950. The van der Waals surface area contributed by atoms with Gasteiger partial charge in [0.05, 0.1) is 11.5 Å². The first-order valence-electron chi connectivity index (χ1n) is 10.4. The third-order valence-corrected chi connectivity index (χ3v) is 7.39. The Kier molecular flexibility index (Phi) is 7.15. The summed E-state index contributed by atoms with van der Waals surface area (Å²) in [7, 11) is -3.60. The van der Waals surface area contributed by atoms with Gasteiger partial charge in [-0.1, -0.05) is 25.1 Å². The minimum Gasteiger partial charge on any atom is -0.494 e. The second-order valence-electron chi connectivity index (χ2n) is 7.83. The second kappa shape index (κ2) is 9.62. The molecule has 1 aliphatic rings. The van der Waals surface area contributed by atoms with Gasteiger partial charge in [0.15, 0.2) is 0 Å². The maximum absolute atomic E-state index is 13.0. The summed E-state index contributed by atoms with van der Waals surface area (Å²) in [5.74, 6) is 1.00. The molecule has 1 aliphatic heterocycles. The quantitative estimate of drug-likeness (QED) is 0.726. The van der Waals surface area contributed by atoms with Crippen molar-refractivity contribution < 1.29 is 17.9 Å². The number of rotatable bonds is 7. The highest BCUT2D eigenvalue weighted by molar-refractivity contribution is 7.89. The summed E-state index contributed by atoms with van der Waals surface area (Å²) in [6, 6.07) is 12.3. The number of amides is 1. The molecule has 0 aromatic heterocycles. The van der Waals surface area contributed by atoms with Crippen LogP contribution in [0, 0.1) is 12.8 Å². The molecule has 0 radical (unpaired) electrons. The summed E-state index contributed by atoms with van der Waals surface area (Å²) in [6.45, 7) is 7.82. The largest absolute Gasteiger partial charge is 0.494 e. The molecular weight excluding hydrogens is 400 g/mol. The Bertz CT molecular complexity index is 996. The van der Waals surface area contributed by atoms with E-state index in [1.165, 1.54) is 10.4 Å². The van der Waals surface area contributed by atoms with Gasteiger partial charge in [-0.3, -0.25) is 4.79 Å². The van der Waals surface area contributed by atoms with Crippen LogP contribution in [0.25, 0.3) is 0 Å². The molecular formula is C23H30N2O4S. The van der Waals surface area contributed by atoms with Crippen molar-refractivity contribution >= 4 is 15.9 Å². The smallest absolute Gasteiger partial charge is 0.251 e. The predicted molar refractivity (Wildman–Crippen MR) is 117 cm³/mol. The molecule has 3 rings (SSSR count). The standard InChI is InChI=1S/C23H30N2O4S/c1-4-29-20-7-5-6-19(14-20)16-24-23(26)22-15-21(9-8-18(22)3)30(27,28)25-12-10-17(2)11-13-25/h5-9,14-15,17H,4,10-13,16H2,1-3H3,(H,24,26). The van der Waals surface area contributed by atoms with Crippen LogP contribution in [0.2, 0.25) is 0 Å². The molecule has 162 valence electrons. The van der Waals surface area contributed by atoms with Crippen molar-refractivity contribution in [3.63, 3.8) is 0 Å². The van der Waals surface area contributed by atoms with E-state index in [0.29, 0.717) is 37.7 Å². The first-order chi connectivity index (χ1) is 14.3. The number of aryl methyl sites for hydroxylation is 1. The maximum atomic E-state index is 13.0. The van der Waals surface area contributed by atoms with E-state index in [1.54, 1.807) is 12.1 Å². The average Bonchev–Trinajstić information content (AvgIpc) is 2.73. The lowest BCUT2D eigenvalue weighted by Crippen LogP contribution is -2.38. The Morgan fingerprint density at radius 2 is 1.90 bits per heavy atom. The molecule has 0 atom stereocenters. The van der Waals surface area contributed by atoms with Gasteiger partial charge in [-0.25, -0.2) is 8.42 Å². The van der Waals surface area contributed by atoms with Gasteiger partial charge in [-0.05, 0) is 68.0 Å². The van der Waals surface area contributed by atoms with Crippen molar-refractivity contribution in [2.24, 2.45) is 5.92 Å². The van der Waals surface area contributed by atoms with Crippen LogP contribution in [0.1, 0.15) is 48.2 Å². The highest BCUT2D eigenvalue weighted by Crippen LogP contribution is 2.25. The molecule has 2 aromatic carbocycles. The van der Waals surface area contributed by atoms with Crippen LogP contribution in [0.4, 0.5) is 0 Å². The minimum atomic E-state index is -3.60. The number of benzene rings is 2. The number of hydrogen-bond acceptors (Lipinski definition) is 4. The molecule has 0 bridgehead atoms. The Morgan fingerprint density at radius 3 is 2.60 bits per heavy atom. The van der Waals surface area contributed by atoms with E-state index < -0.39 is 10.0 Å². The second-order valence-corrected chi connectivity index (χ2v) is 9.76. The van der Waals surface area contributed by atoms with E-state index in [-0.39, 0.29) is 10.8 Å². The van der Waals surface area contributed by atoms with Gasteiger partial charge >= 0.3 is 0 Å². The predicted octanol–water partition coefficient (Wildman–Crippen LogP) is 3.74. The lowest BCUT2D eigenvalue weighted by atomic mass is 10.0. The highest BCUT2D eigenvalue weighted by atomic mass is 32.2. The minimum absolute atomic E-state index is 0.172. The highest BCUT2D eigenvalue weighted by Gasteiger charge is 2.28. The van der Waals surface area contributed by atoms with Gasteiger partial charge in [-0.2, -0.15) is 4.31 Å². The monoisotopic (exact) mass is 430 g/mol. The summed E-state index contributed by atoms with van der Waals surface area (Å²) < 4.78 is 33.1. The van der Waals surface area contributed by atoms with Gasteiger partial charge in [0.25, 0.3) is 5.91 Å². The summed E-state index contributed by atoms with van der Waals surface area (Å²) in [4.78, 5) is 13.0. The molecule has 1 fully saturated rings. The van der Waals surface area contributed by atoms with Gasteiger partial charge < -0.3 is 10.1 Å². The normalized spacial score (nSPS) is 15.7. The average molecular weight is 431 g/mol. The number of hydrogen-bond donors (Lipinski definition) is 1. The van der Waals surface area contributed by atoms with Crippen LogP contribution < -0.4 is 10.1 Å². The van der Waals surface area contributed by atoms with Crippen molar-refractivity contribution in [2.45, 2.75) is 45.1 Å². The number of carbonyl (C=O) groups excluding carboxylic acids is 1. The van der Waals surface area contributed by atoms with E-state index >= 15 is 0 Å². The fraction of sp³-hybridized carbons (Fsp3) is 0.435. The molecule has 0 saturated carbocycles. The van der Waals surface area contributed by atoms with Crippen LogP contribution >= 0.6 is 0 Å². The Balaban J connectivity index is 1.74. The fourth-order valence-electron chi connectivity index (χ4n) is 3.57. The molecule has 6 nitrogen and oxygen atoms in total. The van der Waals surface area contributed by atoms with Gasteiger partial charge in [0.2, 0.25) is 10.0 Å². The van der Waals surface area contributed by atoms with E-state index in [2.05, 4.69) is 12.2 Å². The fourth-order valence-corrected chi connectivity index (χ4v) is 5.07. The molecule has 1 heterocycles. The molecule has 0 unspecified atom stereocenters. The van der Waals surface area contributed by atoms with Crippen LogP contribution in [0.3, 0.4) is 0 Å². The van der Waals surface area contributed by atoms with Crippen LogP contribution in [0.15, 0.2) is 47.4 Å². The van der Waals surface area contributed by atoms with Crippen molar-refractivity contribution in [1.29, 1.82) is 0 Å². The Morgan fingerprint density at radius 1 is 1.17 bits per heavy atom. The van der Waals surface area contributed by atoms with Crippen molar-refractivity contribution in [3.05, 3.63) is 59.2 Å². The van der Waals surface area contributed by atoms with Gasteiger partial charge in [-0.15, -0.1) is 0 Å². The van der Waals surface area contributed by atoms with Crippen molar-refractivity contribution in [1.82, 2.24) is 9.62 Å². The molecule has 1 N–H and O–H groups in total. The lowest BCUT2D eigenvalue weighted by Gasteiger charge is -2.29. The van der Waals surface area contributed by atoms with E-state index in [4.69, 9.17) is 4.74 Å². The number of carbonyl (C=O) groups is 1. The Hall–Kier alpha value is -2.38. The third-order valence-electron chi connectivity index (χ3n) is 5.50. The molecule has 30 heavy (non-hydrogen) atoms. The number of nitrogens with one attached hydrogen (secondary N) is 1. The zero-order valence-corrected chi connectivity index (χ0v) is 18.7. The first-order valence-corrected chi connectivity index (χ1v) is 11.9. The summed E-state index contributed by atoms with van der Waals surface area (Å²) in [5.41, 5.74) is 2.03. The van der Waals surface area contributed by atoms with Crippen LogP contribution in [-0.2, 0) is 16.6 Å². The first kappa shape index (κ1) is 22.3. The van der Waals surface area contributed by atoms with E-state index in [9.17, 15) is 13.2 Å². The molecule has 7 heteroatoms. The topological polar surface area (TPSA) is 75.7 Å². The van der Waals surface area contributed by atoms with Crippen molar-refractivity contribution in [2.75, 3.05) is 19.7 Å². The Labute approximate surface area is 179 Å². The zero-order valence-electron chi connectivity index (χ0n) is 17.8. The maximum Gasteiger partial charge on any atom is 0.251 e. The van der Waals surface area contributed by atoms with Crippen molar-refractivity contribution in [3.8, 4) is 5.75 Å². The van der Waals surface area contributed by atoms with Gasteiger partial charge in [0, 0.05) is 25.2 Å². The SMILES string of the molecule is CCOc1cccc(CNC(=O)c2cc(S(=O)(=O)N3CCC(C)CC3)ccc2C)c1. The van der Waals surface area contributed by atoms with Crippen LogP contribution in [-0.4, -0.2) is 38.3 Å². The van der Waals surface area contributed by atoms with Crippen LogP contribution in [0.5, 0.6) is 5.75 Å². The summed E-state index contributed by atoms with van der Waals surface area (Å²) in [5, 5.41) is 2.89. The number of ether oxygens (including phenoxy) is 1. The summed E-state index contributed by atoms with van der Waals surface area (Å²) >= 11 is 0. The summed E-state index contributed by atoms with van der Waals surface area (Å²) in [6.07, 6.45) is 1.72. The molecule has 0 spiro atoms. The number of piperidine rings is 1. The van der Waals surface area contributed by atoms with Gasteiger partial charge in [0.1, 0.15) is 5.75 Å². The molecule has 1 amide bonds. The zero-order chi connectivity index (χ0) is 21.7.